The van der Waals surface area contributed by atoms with Gasteiger partial charge in [-0.15, -0.1) is 11.3 Å². The van der Waals surface area contributed by atoms with Crippen LogP contribution >= 0.6 is 23.1 Å². The summed E-state index contributed by atoms with van der Waals surface area (Å²) in [7, 11) is 0. The molecule has 1 fully saturated rings. The third kappa shape index (κ3) is 3.54. The van der Waals surface area contributed by atoms with Gasteiger partial charge in [0.25, 0.3) is 5.56 Å². The van der Waals surface area contributed by atoms with Crippen LogP contribution in [0.2, 0.25) is 0 Å². The molecule has 1 aliphatic heterocycles. The molecule has 0 radical (unpaired) electrons. The van der Waals surface area contributed by atoms with E-state index >= 15 is 0 Å². The molecule has 0 aromatic carbocycles. The van der Waals surface area contributed by atoms with E-state index in [-0.39, 0.29) is 22.8 Å². The van der Waals surface area contributed by atoms with Crippen LogP contribution in [0.1, 0.15) is 37.3 Å². The minimum Gasteiger partial charge on any atom is -0.378 e. The molecule has 0 bridgehead atoms. The third-order valence-electron chi connectivity index (χ3n) is 4.67. The number of aryl methyl sites for hydroxylation is 2. The number of ether oxygens (including phenoxy) is 1. The number of hydrogen-bond acceptors (Lipinski definition) is 6. The van der Waals surface area contributed by atoms with E-state index in [4.69, 9.17) is 9.72 Å². The maximum absolute atomic E-state index is 13.1. The molecule has 1 unspecified atom stereocenters. The number of hydrogen-bond donors (Lipinski definition) is 0. The van der Waals surface area contributed by atoms with Gasteiger partial charge in [-0.2, -0.15) is 0 Å². The van der Waals surface area contributed by atoms with Gasteiger partial charge in [0.15, 0.2) is 5.16 Å². The van der Waals surface area contributed by atoms with Crippen LogP contribution in [0.5, 0.6) is 0 Å². The molecule has 0 aliphatic carbocycles. The molecule has 0 saturated carbocycles. The van der Waals surface area contributed by atoms with Crippen LogP contribution in [0.15, 0.2) is 9.95 Å². The summed E-state index contributed by atoms with van der Waals surface area (Å²) >= 11 is 2.91. The van der Waals surface area contributed by atoms with Crippen LogP contribution in [-0.2, 0) is 9.53 Å². The van der Waals surface area contributed by atoms with E-state index < -0.39 is 0 Å². The monoisotopic (exact) mass is 395 g/mol. The van der Waals surface area contributed by atoms with Gasteiger partial charge >= 0.3 is 0 Å². The zero-order chi connectivity index (χ0) is 19.0. The molecule has 26 heavy (non-hydrogen) atoms. The van der Waals surface area contributed by atoms with E-state index in [1.807, 2.05) is 39.5 Å². The molecule has 2 aromatic heterocycles. The lowest BCUT2D eigenvalue weighted by Crippen LogP contribution is -2.44. The van der Waals surface area contributed by atoms with Crippen molar-refractivity contribution in [3.63, 3.8) is 0 Å². The number of amides is 1. The van der Waals surface area contributed by atoms with Crippen molar-refractivity contribution in [1.82, 2.24) is 14.5 Å². The molecule has 2 aromatic rings. The van der Waals surface area contributed by atoms with Gasteiger partial charge in [0.05, 0.1) is 23.8 Å². The van der Waals surface area contributed by atoms with E-state index in [9.17, 15) is 9.59 Å². The SMILES string of the molecule is Cc1sc2nc(SC(C)C(=O)N3CCOCC3)n(C(C)C)c(=O)c2c1C. The zero-order valence-electron chi connectivity index (χ0n) is 15.9. The molecule has 1 aliphatic rings. The predicted octanol–water partition coefficient (Wildman–Crippen LogP) is 3.00. The Kier molecular flexibility index (Phi) is 5.74. The Morgan fingerprint density at radius 3 is 2.50 bits per heavy atom. The molecule has 3 rings (SSSR count). The van der Waals surface area contributed by atoms with E-state index in [1.54, 1.807) is 15.9 Å². The third-order valence-corrected chi connectivity index (χ3v) is 6.83. The lowest BCUT2D eigenvalue weighted by Gasteiger charge is -2.29. The quantitative estimate of drug-likeness (QED) is 0.588. The summed E-state index contributed by atoms with van der Waals surface area (Å²) in [4.78, 5) is 34.3. The Morgan fingerprint density at radius 2 is 1.88 bits per heavy atom. The number of carbonyl (C=O) groups is 1. The summed E-state index contributed by atoms with van der Waals surface area (Å²) in [6.45, 7) is 12.2. The Morgan fingerprint density at radius 1 is 1.23 bits per heavy atom. The van der Waals surface area contributed by atoms with Crippen molar-refractivity contribution in [2.45, 2.75) is 51.1 Å². The standard InChI is InChI=1S/C18H25N3O3S2/c1-10(2)21-17(23)14-11(3)12(4)25-15(14)19-18(21)26-13(5)16(22)20-6-8-24-9-7-20/h10,13H,6-9H2,1-5H3. The summed E-state index contributed by atoms with van der Waals surface area (Å²) < 4.78 is 7.04. The predicted molar refractivity (Wildman–Crippen MR) is 106 cm³/mol. The summed E-state index contributed by atoms with van der Waals surface area (Å²) in [5.74, 6) is 0.0708. The number of aromatic nitrogens is 2. The highest BCUT2D eigenvalue weighted by Gasteiger charge is 2.26. The van der Waals surface area contributed by atoms with Crippen molar-refractivity contribution in [1.29, 1.82) is 0 Å². The summed E-state index contributed by atoms with van der Waals surface area (Å²) in [6, 6.07) is -0.0211. The Balaban J connectivity index is 1.97. The van der Waals surface area contributed by atoms with Crippen LogP contribution in [0.3, 0.4) is 0 Å². The highest BCUT2D eigenvalue weighted by molar-refractivity contribution is 8.00. The van der Waals surface area contributed by atoms with Gasteiger partial charge in [-0.05, 0) is 40.2 Å². The number of fused-ring (bicyclic) bond motifs is 1. The molecule has 8 heteroatoms. The van der Waals surface area contributed by atoms with Crippen LogP contribution in [0.25, 0.3) is 10.2 Å². The fraction of sp³-hybridized carbons (Fsp3) is 0.611. The second kappa shape index (κ2) is 7.70. The summed E-state index contributed by atoms with van der Waals surface area (Å²) in [5, 5.41) is 1.02. The summed E-state index contributed by atoms with van der Waals surface area (Å²) in [5.41, 5.74) is 0.992. The van der Waals surface area contributed by atoms with E-state index in [1.165, 1.54) is 11.8 Å². The number of thiophene rings is 1. The average molecular weight is 396 g/mol. The second-order valence-corrected chi connectivity index (χ2v) is 9.34. The van der Waals surface area contributed by atoms with Gasteiger partial charge in [0.2, 0.25) is 5.91 Å². The maximum atomic E-state index is 13.1. The van der Waals surface area contributed by atoms with E-state index in [0.29, 0.717) is 36.8 Å². The van der Waals surface area contributed by atoms with E-state index in [2.05, 4.69) is 0 Å². The maximum Gasteiger partial charge on any atom is 0.263 e. The molecule has 142 valence electrons. The van der Waals surface area contributed by atoms with Gasteiger partial charge in [0, 0.05) is 24.0 Å². The number of carbonyl (C=O) groups excluding carboxylic acids is 1. The normalized spacial score (nSPS) is 16.5. The molecule has 1 saturated heterocycles. The molecular weight excluding hydrogens is 370 g/mol. The molecule has 6 nitrogen and oxygen atoms in total. The van der Waals surface area contributed by atoms with Crippen LogP contribution in [-0.4, -0.2) is 51.9 Å². The highest BCUT2D eigenvalue weighted by Crippen LogP contribution is 2.31. The molecule has 0 spiro atoms. The first-order chi connectivity index (χ1) is 12.3. The minimum absolute atomic E-state index is 0.0135. The van der Waals surface area contributed by atoms with Gasteiger partial charge in [0.1, 0.15) is 4.83 Å². The van der Waals surface area contributed by atoms with Crippen molar-refractivity contribution < 1.29 is 9.53 Å². The summed E-state index contributed by atoms with van der Waals surface area (Å²) in [6.07, 6.45) is 0. The first kappa shape index (κ1) is 19.4. The smallest absolute Gasteiger partial charge is 0.263 e. The molecule has 1 atom stereocenters. The highest BCUT2D eigenvalue weighted by atomic mass is 32.2. The fourth-order valence-electron chi connectivity index (χ4n) is 3.08. The van der Waals surface area contributed by atoms with Crippen molar-refractivity contribution in [3.8, 4) is 0 Å². The topological polar surface area (TPSA) is 64.4 Å². The van der Waals surface area contributed by atoms with Gasteiger partial charge in [-0.25, -0.2) is 4.98 Å². The van der Waals surface area contributed by atoms with Crippen molar-refractivity contribution in [2.24, 2.45) is 0 Å². The largest absolute Gasteiger partial charge is 0.378 e. The molecular formula is C18H25N3O3S2. The number of nitrogens with zero attached hydrogens (tertiary/aromatic N) is 3. The molecule has 3 heterocycles. The van der Waals surface area contributed by atoms with Crippen LogP contribution in [0, 0.1) is 13.8 Å². The number of thioether (sulfide) groups is 1. The lowest BCUT2D eigenvalue weighted by atomic mass is 10.2. The Bertz CT molecular complexity index is 882. The fourth-order valence-corrected chi connectivity index (χ4v) is 5.27. The second-order valence-electron chi connectivity index (χ2n) is 6.82. The van der Waals surface area contributed by atoms with Crippen molar-refractivity contribution in [2.75, 3.05) is 26.3 Å². The van der Waals surface area contributed by atoms with Gasteiger partial charge in [-0.1, -0.05) is 11.8 Å². The van der Waals surface area contributed by atoms with Crippen LogP contribution < -0.4 is 5.56 Å². The first-order valence-corrected chi connectivity index (χ1v) is 10.6. The number of morpholine rings is 1. The average Bonchev–Trinajstić information content (AvgIpc) is 2.89. The number of rotatable bonds is 4. The van der Waals surface area contributed by atoms with Crippen molar-refractivity contribution >= 4 is 39.2 Å². The molecule has 1 amide bonds. The Hall–Kier alpha value is -1.38. The van der Waals surface area contributed by atoms with Crippen LogP contribution in [0.4, 0.5) is 0 Å². The lowest BCUT2D eigenvalue weighted by molar-refractivity contribution is -0.134. The first-order valence-electron chi connectivity index (χ1n) is 8.86. The van der Waals surface area contributed by atoms with Crippen molar-refractivity contribution in [3.05, 3.63) is 20.8 Å². The zero-order valence-corrected chi connectivity index (χ0v) is 17.5. The molecule has 0 N–H and O–H groups in total. The van der Waals surface area contributed by atoms with Gasteiger partial charge < -0.3 is 9.64 Å². The minimum atomic E-state index is -0.301. The van der Waals surface area contributed by atoms with Gasteiger partial charge in [-0.3, -0.25) is 14.2 Å². The Labute approximate surface area is 161 Å². The van der Waals surface area contributed by atoms with E-state index in [0.717, 1.165) is 15.3 Å².